The highest BCUT2D eigenvalue weighted by molar-refractivity contribution is 9.10. The Balaban J connectivity index is 2.13. The second-order valence-corrected chi connectivity index (χ2v) is 5.82. The molecule has 2 atom stereocenters. The molecule has 8 heteroatoms. The predicted molar refractivity (Wildman–Crippen MR) is 76.0 cm³/mol. The molecule has 0 radical (unpaired) electrons. The van der Waals surface area contributed by atoms with Crippen molar-refractivity contribution in [2.24, 2.45) is 0 Å². The number of halogens is 4. The van der Waals surface area contributed by atoms with Gasteiger partial charge in [0.25, 0.3) is 0 Å². The van der Waals surface area contributed by atoms with Gasteiger partial charge in [-0.15, -0.1) is 0 Å². The first-order chi connectivity index (χ1) is 9.88. The summed E-state index contributed by atoms with van der Waals surface area (Å²) >= 11 is 3.36. The van der Waals surface area contributed by atoms with Crippen LogP contribution in [-0.4, -0.2) is 27.0 Å². The number of hydrogen-bond acceptors (Lipinski definition) is 3. The number of fused-ring (bicyclic) bond motifs is 1. The van der Waals surface area contributed by atoms with Crippen LogP contribution in [0.2, 0.25) is 0 Å². The Morgan fingerprint density at radius 1 is 1.33 bits per heavy atom. The van der Waals surface area contributed by atoms with Crippen LogP contribution >= 0.6 is 15.9 Å². The fourth-order valence-corrected chi connectivity index (χ4v) is 3.07. The van der Waals surface area contributed by atoms with Crippen LogP contribution in [0.3, 0.4) is 0 Å². The molecule has 21 heavy (non-hydrogen) atoms. The Bertz CT molecular complexity index is 653. The molecule has 112 valence electrons. The highest BCUT2D eigenvalue weighted by atomic mass is 79.9. The monoisotopic (exact) mass is 360 g/mol. The van der Waals surface area contributed by atoms with Gasteiger partial charge in [-0.25, -0.2) is 4.68 Å². The first-order valence-corrected chi connectivity index (χ1v) is 7.19. The average molecular weight is 361 g/mol. The Hall–Kier alpha value is -1.57. The number of alkyl halides is 3. The topological polar surface area (TPSA) is 42.7 Å². The third kappa shape index (κ3) is 2.52. The average Bonchev–Trinajstić information content (AvgIpc) is 2.75. The van der Waals surface area contributed by atoms with E-state index < -0.39 is 12.2 Å². The van der Waals surface area contributed by atoms with Crippen molar-refractivity contribution in [1.29, 1.82) is 0 Å². The number of nitrogens with zero attached hydrogens (tertiary/aromatic N) is 3. The zero-order valence-electron chi connectivity index (χ0n) is 11.0. The van der Waals surface area contributed by atoms with Crippen molar-refractivity contribution in [3.8, 4) is 11.3 Å². The summed E-state index contributed by atoms with van der Waals surface area (Å²) < 4.78 is 41.2. The minimum Gasteiger partial charge on any atom is -0.367 e. The Morgan fingerprint density at radius 2 is 2.00 bits per heavy atom. The Kier molecular flexibility index (Phi) is 3.43. The summed E-state index contributed by atoms with van der Waals surface area (Å²) in [7, 11) is 0. The van der Waals surface area contributed by atoms with Crippen molar-refractivity contribution >= 4 is 21.7 Å². The van der Waals surface area contributed by atoms with E-state index in [-0.39, 0.29) is 12.5 Å². The zero-order chi connectivity index (χ0) is 15.2. The lowest BCUT2D eigenvalue weighted by Gasteiger charge is -2.31. The lowest BCUT2D eigenvalue weighted by Crippen LogP contribution is -2.38. The van der Waals surface area contributed by atoms with E-state index in [9.17, 15) is 13.2 Å². The molecule has 4 nitrogen and oxygen atoms in total. The van der Waals surface area contributed by atoms with Gasteiger partial charge in [0.15, 0.2) is 6.04 Å². The molecule has 1 N–H and O–H groups in total. The molecule has 0 saturated carbocycles. The van der Waals surface area contributed by atoms with Crippen molar-refractivity contribution in [3.05, 3.63) is 29.0 Å². The summed E-state index contributed by atoms with van der Waals surface area (Å²) in [6.07, 6.45) is -1.21. The predicted octanol–water partition coefficient (Wildman–Crippen LogP) is 4.02. The molecule has 0 aliphatic carbocycles. The van der Waals surface area contributed by atoms with Crippen molar-refractivity contribution in [2.75, 3.05) is 5.32 Å². The maximum absolute atomic E-state index is 13.2. The molecule has 2 unspecified atom stereocenters. The molecular weight excluding hydrogens is 349 g/mol. The molecule has 3 heterocycles. The van der Waals surface area contributed by atoms with Crippen LogP contribution in [-0.2, 0) is 0 Å². The molecule has 1 aliphatic rings. The van der Waals surface area contributed by atoms with Crippen LogP contribution in [0.5, 0.6) is 0 Å². The summed E-state index contributed by atoms with van der Waals surface area (Å²) in [6, 6.07) is 1.54. The molecule has 2 aromatic rings. The van der Waals surface area contributed by atoms with E-state index in [0.717, 1.165) is 4.68 Å². The lowest BCUT2D eigenvalue weighted by atomic mass is 10.1. The molecule has 2 aromatic heterocycles. The van der Waals surface area contributed by atoms with Crippen LogP contribution in [0, 0.1) is 0 Å². The maximum Gasteiger partial charge on any atom is 0.410 e. The van der Waals surface area contributed by atoms with Crippen LogP contribution in [0.1, 0.15) is 19.4 Å². The van der Waals surface area contributed by atoms with Gasteiger partial charge < -0.3 is 5.32 Å². The molecule has 0 saturated heterocycles. The molecule has 0 bridgehead atoms. The fourth-order valence-electron chi connectivity index (χ4n) is 2.46. The smallest absolute Gasteiger partial charge is 0.367 e. The largest absolute Gasteiger partial charge is 0.410 e. The summed E-state index contributed by atoms with van der Waals surface area (Å²) in [6.45, 7) is 1.73. The van der Waals surface area contributed by atoms with Crippen molar-refractivity contribution in [1.82, 2.24) is 14.8 Å². The van der Waals surface area contributed by atoms with Crippen molar-refractivity contribution in [3.63, 3.8) is 0 Å². The summed E-state index contributed by atoms with van der Waals surface area (Å²) in [5.74, 6) is 0.364. The van der Waals surface area contributed by atoms with Crippen LogP contribution < -0.4 is 5.32 Å². The van der Waals surface area contributed by atoms with Crippen LogP contribution in [0.15, 0.2) is 29.0 Å². The summed E-state index contributed by atoms with van der Waals surface area (Å²) in [5, 5.41) is 7.22. The van der Waals surface area contributed by atoms with Crippen molar-refractivity contribution in [2.45, 2.75) is 31.6 Å². The number of aromatic nitrogens is 3. The van der Waals surface area contributed by atoms with Gasteiger partial charge in [0.1, 0.15) is 11.5 Å². The van der Waals surface area contributed by atoms with Gasteiger partial charge in [0.05, 0.1) is 4.47 Å². The van der Waals surface area contributed by atoms with Gasteiger partial charge in [-0.2, -0.15) is 18.3 Å². The van der Waals surface area contributed by atoms with Gasteiger partial charge >= 0.3 is 6.18 Å². The van der Waals surface area contributed by atoms with Gasteiger partial charge in [-0.1, -0.05) is 0 Å². The van der Waals surface area contributed by atoms with E-state index in [2.05, 4.69) is 31.3 Å². The number of anilines is 1. The van der Waals surface area contributed by atoms with E-state index in [4.69, 9.17) is 0 Å². The molecule has 0 fully saturated rings. The molecule has 0 amide bonds. The lowest BCUT2D eigenvalue weighted by molar-refractivity contribution is -0.173. The summed E-state index contributed by atoms with van der Waals surface area (Å²) in [4.78, 5) is 3.90. The van der Waals surface area contributed by atoms with E-state index >= 15 is 0 Å². The van der Waals surface area contributed by atoms with Gasteiger partial charge in [0, 0.05) is 24.0 Å². The maximum atomic E-state index is 13.2. The van der Waals surface area contributed by atoms with Crippen molar-refractivity contribution < 1.29 is 13.2 Å². The minimum absolute atomic E-state index is 0.0413. The van der Waals surface area contributed by atoms with Crippen LogP contribution in [0.25, 0.3) is 11.3 Å². The van der Waals surface area contributed by atoms with E-state index in [1.807, 2.05) is 0 Å². The standard InChI is InChI=1S/C13H12BrF3N4/c1-7-6-9(13(15,16)17)21-12(19-7)10(14)11(20-21)8-2-4-18-5-3-8/h2-5,7,9,19H,6H2,1H3. The second-order valence-electron chi connectivity index (χ2n) is 5.03. The number of hydrogen-bond donors (Lipinski definition) is 1. The molecule has 0 spiro atoms. The van der Waals surface area contributed by atoms with E-state index in [1.54, 1.807) is 31.5 Å². The number of pyridine rings is 1. The quantitative estimate of drug-likeness (QED) is 0.835. The minimum atomic E-state index is -4.33. The Morgan fingerprint density at radius 3 is 2.62 bits per heavy atom. The third-order valence-corrected chi connectivity index (χ3v) is 4.19. The highest BCUT2D eigenvalue weighted by Gasteiger charge is 2.46. The normalized spacial score (nSPS) is 21.8. The molecule has 3 rings (SSSR count). The first kappa shape index (κ1) is 14.4. The van der Waals surface area contributed by atoms with E-state index in [1.165, 1.54) is 0 Å². The van der Waals surface area contributed by atoms with E-state index in [0.29, 0.717) is 21.5 Å². The van der Waals surface area contributed by atoms with Gasteiger partial charge in [-0.3, -0.25) is 4.98 Å². The molecular formula is C13H12BrF3N4. The Labute approximate surface area is 127 Å². The van der Waals surface area contributed by atoms with Crippen LogP contribution in [0.4, 0.5) is 19.0 Å². The fraction of sp³-hybridized carbons (Fsp3) is 0.385. The zero-order valence-corrected chi connectivity index (χ0v) is 12.6. The second kappa shape index (κ2) is 5.01. The van der Waals surface area contributed by atoms with Gasteiger partial charge in [-0.05, 0) is 41.4 Å². The summed E-state index contributed by atoms with van der Waals surface area (Å²) in [5.41, 5.74) is 1.19. The number of rotatable bonds is 1. The first-order valence-electron chi connectivity index (χ1n) is 6.39. The third-order valence-electron chi connectivity index (χ3n) is 3.44. The SMILES string of the molecule is CC1CC(C(F)(F)F)n2nc(-c3ccncc3)c(Br)c2N1. The van der Waals surface area contributed by atoms with Gasteiger partial charge in [0.2, 0.25) is 0 Å². The molecule has 0 aromatic carbocycles. The number of nitrogens with one attached hydrogen (secondary N) is 1. The highest BCUT2D eigenvalue weighted by Crippen LogP contribution is 2.44. The molecule has 1 aliphatic heterocycles.